The van der Waals surface area contributed by atoms with Crippen LogP contribution >= 0.6 is 27.5 Å². The van der Waals surface area contributed by atoms with Gasteiger partial charge in [-0.1, -0.05) is 29.8 Å². The fourth-order valence-corrected chi connectivity index (χ4v) is 4.25. The van der Waals surface area contributed by atoms with Gasteiger partial charge in [0.05, 0.1) is 23.3 Å². The molecule has 3 aromatic rings. The first-order chi connectivity index (χ1) is 12.5. The summed E-state index contributed by atoms with van der Waals surface area (Å²) in [5.74, 6) is -0.799. The molecule has 1 aliphatic rings. The molecule has 0 bridgehead atoms. The number of benzene rings is 2. The van der Waals surface area contributed by atoms with Gasteiger partial charge in [-0.25, -0.2) is 0 Å². The number of halogens is 2. The van der Waals surface area contributed by atoms with Crippen LogP contribution in [0.25, 0.3) is 22.0 Å². The van der Waals surface area contributed by atoms with Crippen molar-refractivity contribution in [1.82, 2.24) is 9.88 Å². The number of carbonyl (C=O) groups excluding carboxylic acids is 2. The summed E-state index contributed by atoms with van der Waals surface area (Å²) in [7, 11) is 1.64. The Hall–Kier alpha value is -2.15. The normalized spacial score (nSPS) is 13.3. The first-order valence-corrected chi connectivity index (χ1v) is 9.15. The second kappa shape index (κ2) is 6.54. The lowest BCUT2D eigenvalue weighted by Gasteiger charge is -2.12. The summed E-state index contributed by atoms with van der Waals surface area (Å²) in [4.78, 5) is 25.0. The molecule has 26 heavy (non-hydrogen) atoms. The summed E-state index contributed by atoms with van der Waals surface area (Å²) in [5, 5.41) is 3.65. The molecule has 4 rings (SSSR count). The molecule has 0 aliphatic carbocycles. The molecule has 0 atom stereocenters. The molecule has 0 unspecified atom stereocenters. The molecule has 1 aromatic heterocycles. The summed E-state index contributed by atoms with van der Waals surface area (Å²) in [6.45, 7) is 1.15. The molecule has 7 heteroatoms. The third kappa shape index (κ3) is 2.57. The maximum Gasteiger partial charge on any atom is 0.259 e. The fourth-order valence-electron chi connectivity index (χ4n) is 3.37. The molecular weight excluding hydrogens is 420 g/mol. The van der Waals surface area contributed by atoms with E-state index in [-0.39, 0.29) is 0 Å². The number of amides is 2. The highest BCUT2D eigenvalue weighted by Gasteiger charge is 2.34. The highest BCUT2D eigenvalue weighted by molar-refractivity contribution is 9.10. The molecule has 0 radical (unpaired) electrons. The van der Waals surface area contributed by atoms with Crippen LogP contribution in [-0.4, -0.2) is 30.1 Å². The molecular formula is C19H14BrClN2O3. The van der Waals surface area contributed by atoms with Gasteiger partial charge in [0.15, 0.2) is 0 Å². The van der Waals surface area contributed by atoms with Gasteiger partial charge in [0.25, 0.3) is 11.8 Å². The molecule has 5 nitrogen and oxygen atoms in total. The van der Waals surface area contributed by atoms with Gasteiger partial charge in [-0.3, -0.25) is 14.9 Å². The second-order valence-electron chi connectivity index (χ2n) is 5.99. The third-order valence-electron chi connectivity index (χ3n) is 4.51. The van der Waals surface area contributed by atoms with E-state index in [0.29, 0.717) is 40.4 Å². The minimum Gasteiger partial charge on any atom is -0.383 e. The Balaban J connectivity index is 2.10. The van der Waals surface area contributed by atoms with Crippen molar-refractivity contribution in [1.29, 1.82) is 0 Å². The van der Waals surface area contributed by atoms with Crippen molar-refractivity contribution in [2.24, 2.45) is 0 Å². The van der Waals surface area contributed by atoms with Crippen molar-refractivity contribution < 1.29 is 14.3 Å². The number of ether oxygens (including phenoxy) is 1. The molecule has 1 aliphatic heterocycles. The van der Waals surface area contributed by atoms with Crippen LogP contribution in [0.5, 0.6) is 0 Å². The minimum atomic E-state index is -0.404. The van der Waals surface area contributed by atoms with E-state index in [1.165, 1.54) is 0 Å². The van der Waals surface area contributed by atoms with Crippen molar-refractivity contribution in [2.75, 3.05) is 13.7 Å². The Morgan fingerprint density at radius 1 is 1.15 bits per heavy atom. The number of aromatic nitrogens is 1. The molecule has 2 amide bonds. The van der Waals surface area contributed by atoms with Crippen LogP contribution in [0.4, 0.5) is 0 Å². The Bertz CT molecular complexity index is 1070. The third-order valence-corrected chi connectivity index (χ3v) is 5.44. The first-order valence-electron chi connectivity index (χ1n) is 7.97. The first kappa shape index (κ1) is 17.3. The largest absolute Gasteiger partial charge is 0.383 e. The van der Waals surface area contributed by atoms with Crippen molar-refractivity contribution >= 4 is 50.2 Å². The maximum atomic E-state index is 12.5. The number of carbonyl (C=O) groups is 2. The average molecular weight is 434 g/mol. The van der Waals surface area contributed by atoms with Crippen molar-refractivity contribution in [3.63, 3.8) is 0 Å². The molecule has 132 valence electrons. The minimum absolute atomic E-state index is 0.362. The van der Waals surface area contributed by atoms with Gasteiger partial charge in [0.2, 0.25) is 0 Å². The quantitative estimate of drug-likeness (QED) is 0.626. The summed E-state index contributed by atoms with van der Waals surface area (Å²) < 4.78 is 7.94. The number of fused-ring (bicyclic) bond motifs is 3. The van der Waals surface area contributed by atoms with E-state index in [9.17, 15) is 9.59 Å². The van der Waals surface area contributed by atoms with Gasteiger partial charge in [-0.15, -0.1) is 0 Å². The summed E-state index contributed by atoms with van der Waals surface area (Å²) >= 11 is 9.90. The van der Waals surface area contributed by atoms with Crippen LogP contribution in [0.15, 0.2) is 41.0 Å². The van der Waals surface area contributed by atoms with Crippen molar-refractivity contribution in [2.45, 2.75) is 6.54 Å². The molecule has 2 aromatic carbocycles. The smallest absolute Gasteiger partial charge is 0.259 e. The predicted molar refractivity (Wildman–Crippen MR) is 104 cm³/mol. The topological polar surface area (TPSA) is 60.3 Å². The lowest BCUT2D eigenvalue weighted by Crippen LogP contribution is -2.20. The standard InChI is InChI=1S/C19H14BrClN2O3/c1-26-7-6-23-9-12(20)16-14(23)8-11(10-4-2-3-5-13(10)21)15-17(16)19(25)22-18(15)24/h2-5,8-9H,6-7H2,1H3,(H,22,24,25). The number of hydrogen-bond acceptors (Lipinski definition) is 3. The predicted octanol–water partition coefficient (Wildman–Crippen LogP) is 4.25. The number of nitrogens with zero attached hydrogens (tertiary/aromatic N) is 1. The SMILES string of the molecule is COCCn1cc(Br)c2c3c(c(-c4ccccc4Cl)cc21)C(=O)NC3=O. The fraction of sp³-hybridized carbons (Fsp3) is 0.158. The number of hydrogen-bond donors (Lipinski definition) is 1. The van der Waals surface area contributed by atoms with E-state index in [0.717, 1.165) is 15.4 Å². The molecule has 0 fully saturated rings. The molecule has 1 N–H and O–H groups in total. The van der Waals surface area contributed by atoms with Crippen molar-refractivity contribution in [3.05, 3.63) is 57.2 Å². The Labute approximate surface area is 163 Å². The lowest BCUT2D eigenvalue weighted by molar-refractivity contribution is 0.0880. The van der Waals surface area contributed by atoms with Gasteiger partial charge in [-0.05, 0) is 33.6 Å². The van der Waals surface area contributed by atoms with E-state index in [2.05, 4.69) is 21.2 Å². The molecule has 0 saturated heterocycles. The zero-order valence-corrected chi connectivity index (χ0v) is 16.1. The number of rotatable bonds is 4. The van der Waals surface area contributed by atoms with Gasteiger partial charge >= 0.3 is 0 Å². The lowest BCUT2D eigenvalue weighted by atomic mass is 9.94. The summed E-state index contributed by atoms with van der Waals surface area (Å²) in [6, 6.07) is 9.20. The molecule has 2 heterocycles. The van der Waals surface area contributed by atoms with Crippen molar-refractivity contribution in [3.8, 4) is 11.1 Å². The zero-order valence-electron chi connectivity index (χ0n) is 13.8. The Morgan fingerprint density at radius 2 is 1.88 bits per heavy atom. The van der Waals surface area contributed by atoms with E-state index in [1.807, 2.05) is 35.0 Å². The van der Waals surface area contributed by atoms with Gasteiger partial charge in [0, 0.05) is 40.3 Å². The van der Waals surface area contributed by atoms with E-state index in [4.69, 9.17) is 16.3 Å². The second-order valence-corrected chi connectivity index (χ2v) is 7.26. The van der Waals surface area contributed by atoms with Crippen LogP contribution in [-0.2, 0) is 11.3 Å². The van der Waals surface area contributed by atoms with Crippen LogP contribution in [0.2, 0.25) is 5.02 Å². The van der Waals surface area contributed by atoms with Gasteiger partial charge in [-0.2, -0.15) is 0 Å². The Kier molecular flexibility index (Phi) is 4.34. The van der Waals surface area contributed by atoms with E-state index >= 15 is 0 Å². The van der Waals surface area contributed by atoms with E-state index in [1.54, 1.807) is 13.2 Å². The maximum absolute atomic E-state index is 12.5. The number of nitrogens with one attached hydrogen (secondary N) is 1. The highest BCUT2D eigenvalue weighted by Crippen LogP contribution is 2.41. The van der Waals surface area contributed by atoms with Crippen LogP contribution in [0.1, 0.15) is 20.7 Å². The zero-order chi connectivity index (χ0) is 18.4. The van der Waals surface area contributed by atoms with Gasteiger partial charge in [0.1, 0.15) is 0 Å². The number of methoxy groups -OCH3 is 1. The van der Waals surface area contributed by atoms with Crippen LogP contribution < -0.4 is 5.32 Å². The monoisotopic (exact) mass is 432 g/mol. The van der Waals surface area contributed by atoms with Gasteiger partial charge < -0.3 is 9.30 Å². The highest BCUT2D eigenvalue weighted by atomic mass is 79.9. The van der Waals surface area contributed by atoms with E-state index < -0.39 is 11.8 Å². The number of imide groups is 1. The summed E-state index contributed by atoms with van der Waals surface area (Å²) in [5.41, 5.74) is 2.94. The average Bonchev–Trinajstić information content (AvgIpc) is 3.09. The molecule has 0 saturated carbocycles. The van der Waals surface area contributed by atoms with Crippen LogP contribution in [0, 0.1) is 0 Å². The van der Waals surface area contributed by atoms with Crippen LogP contribution in [0.3, 0.4) is 0 Å². The summed E-state index contributed by atoms with van der Waals surface area (Å²) in [6.07, 6.45) is 1.90. The molecule has 0 spiro atoms. The Morgan fingerprint density at radius 3 is 2.62 bits per heavy atom.